The Morgan fingerprint density at radius 3 is 2.58 bits per heavy atom. The van der Waals surface area contributed by atoms with Crippen molar-refractivity contribution >= 4 is 11.9 Å². The summed E-state index contributed by atoms with van der Waals surface area (Å²) in [5.41, 5.74) is -0.964. The van der Waals surface area contributed by atoms with Crippen LogP contribution in [-0.2, 0) is 9.59 Å². The molecule has 6 heteroatoms. The maximum Gasteiger partial charge on any atom is 0.329 e. The first kappa shape index (κ1) is 18.4. The van der Waals surface area contributed by atoms with Crippen LogP contribution in [-0.4, -0.2) is 27.6 Å². The van der Waals surface area contributed by atoms with E-state index >= 15 is 0 Å². The Balaban J connectivity index is 2.00. The number of aliphatic carboxylic acids is 1. The lowest BCUT2D eigenvalue weighted by atomic mass is 9.75. The summed E-state index contributed by atoms with van der Waals surface area (Å²) in [6.45, 7) is 2.08. The molecule has 1 fully saturated rings. The van der Waals surface area contributed by atoms with Crippen molar-refractivity contribution in [3.63, 3.8) is 0 Å². The van der Waals surface area contributed by atoms with Crippen molar-refractivity contribution in [2.75, 3.05) is 0 Å². The third-order valence-corrected chi connectivity index (χ3v) is 4.94. The highest BCUT2D eigenvalue weighted by atomic mass is 19.1. The summed E-state index contributed by atoms with van der Waals surface area (Å²) in [4.78, 5) is 23.9. The highest BCUT2D eigenvalue weighted by molar-refractivity contribution is 5.87. The van der Waals surface area contributed by atoms with E-state index in [4.69, 9.17) is 0 Å². The van der Waals surface area contributed by atoms with E-state index in [0.717, 1.165) is 25.3 Å². The molecule has 1 unspecified atom stereocenters. The van der Waals surface area contributed by atoms with Gasteiger partial charge in [-0.25, -0.2) is 9.18 Å². The molecule has 5 nitrogen and oxygen atoms in total. The summed E-state index contributed by atoms with van der Waals surface area (Å²) < 4.78 is 13.2. The number of aliphatic hydroxyl groups is 1. The van der Waals surface area contributed by atoms with Gasteiger partial charge in [0.2, 0.25) is 5.91 Å². The number of rotatable bonds is 6. The Hall–Kier alpha value is -1.95. The number of nitrogens with one attached hydrogen (secondary N) is 1. The second-order valence-electron chi connectivity index (χ2n) is 6.56. The van der Waals surface area contributed by atoms with Crippen molar-refractivity contribution in [2.45, 2.75) is 57.1 Å². The van der Waals surface area contributed by atoms with E-state index in [2.05, 4.69) is 12.2 Å². The van der Waals surface area contributed by atoms with Gasteiger partial charge in [-0.05, 0) is 49.3 Å². The monoisotopic (exact) mass is 337 g/mol. The molecule has 0 spiro atoms. The van der Waals surface area contributed by atoms with Crippen molar-refractivity contribution in [1.29, 1.82) is 0 Å². The number of benzene rings is 1. The van der Waals surface area contributed by atoms with Gasteiger partial charge in [0.05, 0.1) is 12.5 Å². The molecule has 0 saturated heterocycles. The van der Waals surface area contributed by atoms with Crippen LogP contribution in [0.1, 0.15) is 57.1 Å². The standard InChI is InChI=1S/C18H24FNO4/c1-2-12-6-8-18(9-7-12,17(23)24)20-16(22)11-15(21)13-4-3-5-14(19)10-13/h3-5,10,12,15,21H,2,6-9,11H2,1H3,(H,20,22)(H,23,24). The molecule has 1 amide bonds. The summed E-state index contributed by atoms with van der Waals surface area (Å²) in [7, 11) is 0. The molecular formula is C18H24FNO4. The highest BCUT2D eigenvalue weighted by Crippen LogP contribution is 2.34. The SMILES string of the molecule is CCC1CCC(NC(=O)CC(O)c2cccc(F)c2)(C(=O)O)CC1. The van der Waals surface area contributed by atoms with Crippen molar-refractivity contribution < 1.29 is 24.2 Å². The van der Waals surface area contributed by atoms with Gasteiger partial charge in [-0.15, -0.1) is 0 Å². The van der Waals surface area contributed by atoms with E-state index in [1.54, 1.807) is 0 Å². The first-order valence-corrected chi connectivity index (χ1v) is 8.34. The molecule has 1 aliphatic carbocycles. The molecule has 0 aromatic heterocycles. The fourth-order valence-electron chi connectivity index (χ4n) is 3.30. The molecule has 0 bridgehead atoms. The maximum absolute atomic E-state index is 13.2. The Labute approximate surface area is 140 Å². The summed E-state index contributed by atoms with van der Waals surface area (Å²) in [5.74, 6) is -1.58. The molecule has 0 heterocycles. The van der Waals surface area contributed by atoms with Crippen LogP contribution in [0.3, 0.4) is 0 Å². The lowest BCUT2D eigenvalue weighted by Gasteiger charge is -2.37. The van der Waals surface area contributed by atoms with E-state index in [1.165, 1.54) is 18.2 Å². The number of hydrogen-bond acceptors (Lipinski definition) is 3. The van der Waals surface area contributed by atoms with Crippen LogP contribution in [0.2, 0.25) is 0 Å². The third-order valence-electron chi connectivity index (χ3n) is 4.94. The topological polar surface area (TPSA) is 86.6 Å². The maximum atomic E-state index is 13.2. The number of hydrogen-bond donors (Lipinski definition) is 3. The largest absolute Gasteiger partial charge is 0.480 e. The normalized spacial score (nSPS) is 25.0. The molecule has 0 aliphatic heterocycles. The van der Waals surface area contributed by atoms with Crippen LogP contribution in [0.15, 0.2) is 24.3 Å². The van der Waals surface area contributed by atoms with Crippen LogP contribution in [0, 0.1) is 11.7 Å². The zero-order valence-electron chi connectivity index (χ0n) is 13.8. The Morgan fingerprint density at radius 2 is 2.04 bits per heavy atom. The lowest BCUT2D eigenvalue weighted by Crippen LogP contribution is -2.56. The third kappa shape index (κ3) is 4.32. The molecule has 132 valence electrons. The first-order valence-electron chi connectivity index (χ1n) is 8.34. The number of amides is 1. The quantitative estimate of drug-likeness (QED) is 0.745. The summed E-state index contributed by atoms with van der Waals surface area (Å²) in [6.07, 6.45) is 1.84. The van der Waals surface area contributed by atoms with Crippen LogP contribution in [0.25, 0.3) is 0 Å². The lowest BCUT2D eigenvalue weighted by molar-refractivity contribution is -0.150. The minimum Gasteiger partial charge on any atom is -0.480 e. The zero-order valence-corrected chi connectivity index (χ0v) is 13.8. The minimum atomic E-state index is -1.26. The van der Waals surface area contributed by atoms with Crippen molar-refractivity contribution in [1.82, 2.24) is 5.32 Å². The fraction of sp³-hybridized carbons (Fsp3) is 0.556. The molecule has 0 radical (unpaired) electrons. The predicted molar refractivity (Wildman–Crippen MR) is 86.7 cm³/mol. The molecule has 1 saturated carbocycles. The summed E-state index contributed by atoms with van der Waals surface area (Å²) >= 11 is 0. The molecule has 1 aromatic carbocycles. The average Bonchev–Trinajstić information content (AvgIpc) is 2.55. The van der Waals surface area contributed by atoms with Crippen molar-refractivity contribution in [2.24, 2.45) is 5.92 Å². The van der Waals surface area contributed by atoms with Crippen molar-refractivity contribution in [3.8, 4) is 0 Å². The first-order chi connectivity index (χ1) is 11.4. The molecule has 2 rings (SSSR count). The van der Waals surface area contributed by atoms with E-state index < -0.39 is 29.3 Å². The number of halogens is 1. The second-order valence-corrected chi connectivity index (χ2v) is 6.56. The van der Waals surface area contributed by atoms with Gasteiger partial charge in [-0.1, -0.05) is 25.5 Å². The van der Waals surface area contributed by atoms with Crippen molar-refractivity contribution in [3.05, 3.63) is 35.6 Å². The molecular weight excluding hydrogens is 313 g/mol. The highest BCUT2D eigenvalue weighted by Gasteiger charge is 2.43. The van der Waals surface area contributed by atoms with Gasteiger partial charge in [0.25, 0.3) is 0 Å². The number of carbonyl (C=O) groups excluding carboxylic acids is 1. The van der Waals surface area contributed by atoms with Gasteiger partial charge in [0, 0.05) is 0 Å². The van der Waals surface area contributed by atoms with E-state index in [-0.39, 0.29) is 6.42 Å². The number of carboxylic acid groups (broad SMARTS) is 1. The molecule has 3 N–H and O–H groups in total. The van der Waals surface area contributed by atoms with Gasteiger partial charge < -0.3 is 15.5 Å². The smallest absolute Gasteiger partial charge is 0.329 e. The molecule has 1 aliphatic rings. The van der Waals surface area contributed by atoms with Gasteiger partial charge in [0.1, 0.15) is 11.4 Å². The Bertz CT molecular complexity index is 596. The zero-order chi connectivity index (χ0) is 17.7. The summed E-state index contributed by atoms with van der Waals surface area (Å²) in [6, 6.07) is 5.40. The van der Waals surface area contributed by atoms with Crippen LogP contribution in [0.4, 0.5) is 4.39 Å². The number of carbonyl (C=O) groups is 2. The molecule has 24 heavy (non-hydrogen) atoms. The number of carboxylic acids is 1. The minimum absolute atomic E-state index is 0.296. The van der Waals surface area contributed by atoms with Crippen LogP contribution >= 0.6 is 0 Å². The van der Waals surface area contributed by atoms with Gasteiger partial charge in [-0.3, -0.25) is 4.79 Å². The van der Waals surface area contributed by atoms with E-state index in [0.29, 0.717) is 24.3 Å². The summed E-state index contributed by atoms with van der Waals surface area (Å²) in [5, 5.41) is 22.2. The predicted octanol–water partition coefficient (Wildman–Crippen LogP) is 2.79. The van der Waals surface area contributed by atoms with E-state index in [1.807, 2.05) is 0 Å². The van der Waals surface area contributed by atoms with Gasteiger partial charge in [-0.2, -0.15) is 0 Å². The average molecular weight is 337 g/mol. The Kier molecular flexibility index (Phi) is 5.94. The van der Waals surface area contributed by atoms with Gasteiger partial charge in [0.15, 0.2) is 0 Å². The fourth-order valence-corrected chi connectivity index (χ4v) is 3.30. The van der Waals surface area contributed by atoms with E-state index in [9.17, 15) is 24.2 Å². The molecule has 1 atom stereocenters. The molecule has 1 aromatic rings. The second kappa shape index (κ2) is 7.75. The Morgan fingerprint density at radius 1 is 1.38 bits per heavy atom. The van der Waals surface area contributed by atoms with Crippen LogP contribution in [0.5, 0.6) is 0 Å². The number of aliphatic hydroxyl groups excluding tert-OH is 1. The van der Waals surface area contributed by atoms with Crippen LogP contribution < -0.4 is 5.32 Å². The van der Waals surface area contributed by atoms with Gasteiger partial charge >= 0.3 is 5.97 Å².